The monoisotopic (exact) mass is 249 g/mol. The molecular formula is C13H23N5. The number of aromatic nitrogens is 2. The van der Waals surface area contributed by atoms with E-state index < -0.39 is 0 Å². The van der Waals surface area contributed by atoms with E-state index >= 15 is 0 Å². The lowest BCUT2D eigenvalue weighted by molar-refractivity contribution is 0.554. The molecule has 5 nitrogen and oxygen atoms in total. The van der Waals surface area contributed by atoms with Gasteiger partial charge in [0, 0.05) is 11.6 Å². The predicted molar refractivity (Wildman–Crippen MR) is 74.3 cm³/mol. The normalized spacial score (nSPS) is 23.1. The highest BCUT2D eigenvalue weighted by molar-refractivity contribution is 5.57. The molecule has 100 valence electrons. The molecule has 5 heteroatoms. The molecular weight excluding hydrogens is 226 g/mol. The van der Waals surface area contributed by atoms with Crippen LogP contribution in [-0.4, -0.2) is 16.0 Å². The lowest BCUT2D eigenvalue weighted by Crippen LogP contribution is -2.24. The average Bonchev–Trinajstić information content (AvgIpc) is 2.77. The van der Waals surface area contributed by atoms with Crippen LogP contribution >= 0.6 is 0 Å². The molecule has 2 rings (SSSR count). The molecule has 4 N–H and O–H groups in total. The number of hydrazine groups is 1. The van der Waals surface area contributed by atoms with Gasteiger partial charge in [-0.2, -0.15) is 0 Å². The second kappa shape index (κ2) is 6.00. The van der Waals surface area contributed by atoms with Crippen molar-refractivity contribution in [3.63, 3.8) is 0 Å². The van der Waals surface area contributed by atoms with Gasteiger partial charge < -0.3 is 10.7 Å². The zero-order valence-electron chi connectivity index (χ0n) is 11.2. The standard InChI is InChI=1S/C13H23N5/c1-3-5-10-12(15-8-16-13(10)18-14)17-11-7-4-6-9(11)2/h8-9,11H,3-7,14H2,1-2H3,(H2,15,16,17,18). The Morgan fingerprint density at radius 3 is 2.72 bits per heavy atom. The van der Waals surface area contributed by atoms with Crippen molar-refractivity contribution in [3.05, 3.63) is 11.9 Å². The molecule has 1 heterocycles. The SMILES string of the molecule is CCCc1c(NN)ncnc1NC1CCCC1C. The average molecular weight is 249 g/mol. The van der Waals surface area contributed by atoms with Crippen molar-refractivity contribution in [3.8, 4) is 0 Å². The zero-order chi connectivity index (χ0) is 13.0. The third kappa shape index (κ3) is 2.72. The molecule has 18 heavy (non-hydrogen) atoms. The fourth-order valence-electron chi connectivity index (χ4n) is 2.68. The highest BCUT2D eigenvalue weighted by Crippen LogP contribution is 2.29. The Bertz CT molecular complexity index is 393. The number of anilines is 2. The molecule has 0 spiro atoms. The van der Waals surface area contributed by atoms with Crippen molar-refractivity contribution in [2.45, 2.75) is 52.0 Å². The number of hydrogen-bond acceptors (Lipinski definition) is 5. The smallest absolute Gasteiger partial charge is 0.148 e. The molecule has 0 aliphatic heterocycles. The maximum atomic E-state index is 5.52. The minimum atomic E-state index is 0.529. The maximum Gasteiger partial charge on any atom is 0.148 e. The summed E-state index contributed by atoms with van der Waals surface area (Å²) in [6.45, 7) is 4.45. The van der Waals surface area contributed by atoms with Crippen LogP contribution in [0.4, 0.5) is 11.6 Å². The minimum Gasteiger partial charge on any atom is -0.367 e. The topological polar surface area (TPSA) is 75.9 Å². The Morgan fingerprint density at radius 1 is 1.33 bits per heavy atom. The summed E-state index contributed by atoms with van der Waals surface area (Å²) in [6, 6.07) is 0.529. The van der Waals surface area contributed by atoms with Gasteiger partial charge in [-0.3, -0.25) is 0 Å². The molecule has 2 unspecified atom stereocenters. The Labute approximate surface area is 109 Å². The first-order chi connectivity index (χ1) is 8.76. The van der Waals surface area contributed by atoms with Gasteiger partial charge in [-0.1, -0.05) is 26.7 Å². The van der Waals surface area contributed by atoms with E-state index in [1.54, 1.807) is 6.33 Å². The Morgan fingerprint density at radius 2 is 2.11 bits per heavy atom. The summed E-state index contributed by atoms with van der Waals surface area (Å²) in [4.78, 5) is 8.57. The Kier molecular flexibility index (Phi) is 4.36. The first-order valence-electron chi connectivity index (χ1n) is 6.83. The molecule has 1 aromatic heterocycles. The molecule has 0 saturated heterocycles. The van der Waals surface area contributed by atoms with Crippen molar-refractivity contribution in [1.29, 1.82) is 0 Å². The van der Waals surface area contributed by atoms with Crippen LogP contribution < -0.4 is 16.6 Å². The van der Waals surface area contributed by atoms with Crippen LogP contribution in [0.25, 0.3) is 0 Å². The third-order valence-corrected chi connectivity index (χ3v) is 3.77. The van der Waals surface area contributed by atoms with Gasteiger partial charge in [0.2, 0.25) is 0 Å². The second-order valence-corrected chi connectivity index (χ2v) is 5.10. The summed E-state index contributed by atoms with van der Waals surface area (Å²) < 4.78 is 0. The van der Waals surface area contributed by atoms with E-state index in [-0.39, 0.29) is 0 Å². The number of nitrogens with zero attached hydrogens (tertiary/aromatic N) is 2. The molecule has 1 aromatic rings. The molecule has 0 radical (unpaired) electrons. The van der Waals surface area contributed by atoms with Gasteiger partial charge in [0.25, 0.3) is 0 Å². The molecule has 1 fully saturated rings. The van der Waals surface area contributed by atoms with E-state index in [9.17, 15) is 0 Å². The fraction of sp³-hybridized carbons (Fsp3) is 0.692. The van der Waals surface area contributed by atoms with Gasteiger partial charge in [0.15, 0.2) is 0 Å². The van der Waals surface area contributed by atoms with Gasteiger partial charge in [-0.25, -0.2) is 15.8 Å². The van der Waals surface area contributed by atoms with Crippen LogP contribution in [0.5, 0.6) is 0 Å². The van der Waals surface area contributed by atoms with Crippen LogP contribution in [0.2, 0.25) is 0 Å². The quantitative estimate of drug-likeness (QED) is 0.551. The van der Waals surface area contributed by atoms with E-state index in [0.29, 0.717) is 12.0 Å². The molecule has 2 atom stereocenters. The number of hydrogen-bond donors (Lipinski definition) is 3. The van der Waals surface area contributed by atoms with Gasteiger partial charge in [0.05, 0.1) is 0 Å². The first kappa shape index (κ1) is 13.1. The van der Waals surface area contributed by atoms with Gasteiger partial charge >= 0.3 is 0 Å². The summed E-state index contributed by atoms with van der Waals surface area (Å²) >= 11 is 0. The fourth-order valence-corrected chi connectivity index (χ4v) is 2.68. The zero-order valence-corrected chi connectivity index (χ0v) is 11.2. The molecule has 1 aliphatic rings. The maximum absolute atomic E-state index is 5.52. The van der Waals surface area contributed by atoms with Gasteiger partial charge in [0.1, 0.15) is 18.0 Å². The number of nitrogens with two attached hydrogens (primary N) is 1. The van der Waals surface area contributed by atoms with E-state index in [4.69, 9.17) is 5.84 Å². The summed E-state index contributed by atoms with van der Waals surface area (Å²) in [5, 5.41) is 3.57. The largest absolute Gasteiger partial charge is 0.367 e. The summed E-state index contributed by atoms with van der Waals surface area (Å²) in [5.41, 5.74) is 3.76. The summed E-state index contributed by atoms with van der Waals surface area (Å²) in [7, 11) is 0. The predicted octanol–water partition coefficient (Wildman–Crippen LogP) is 2.32. The third-order valence-electron chi connectivity index (χ3n) is 3.77. The Balaban J connectivity index is 2.20. The van der Waals surface area contributed by atoms with Crippen molar-refractivity contribution in [1.82, 2.24) is 9.97 Å². The highest BCUT2D eigenvalue weighted by atomic mass is 15.3. The molecule has 0 aromatic carbocycles. The first-order valence-corrected chi connectivity index (χ1v) is 6.83. The molecule has 0 bridgehead atoms. The Hall–Kier alpha value is -1.36. The summed E-state index contributed by atoms with van der Waals surface area (Å²) in [5.74, 6) is 7.91. The molecule has 1 saturated carbocycles. The highest BCUT2D eigenvalue weighted by Gasteiger charge is 2.24. The molecule has 1 aliphatic carbocycles. The lowest BCUT2D eigenvalue weighted by atomic mass is 10.1. The lowest BCUT2D eigenvalue weighted by Gasteiger charge is -2.20. The van der Waals surface area contributed by atoms with Crippen LogP contribution in [0, 0.1) is 5.92 Å². The van der Waals surface area contributed by atoms with Crippen molar-refractivity contribution < 1.29 is 0 Å². The van der Waals surface area contributed by atoms with Crippen molar-refractivity contribution in [2.24, 2.45) is 11.8 Å². The number of nitrogen functional groups attached to an aromatic ring is 1. The minimum absolute atomic E-state index is 0.529. The van der Waals surface area contributed by atoms with Crippen LogP contribution in [0.3, 0.4) is 0 Å². The van der Waals surface area contributed by atoms with Crippen LogP contribution in [0.1, 0.15) is 45.1 Å². The van der Waals surface area contributed by atoms with Crippen molar-refractivity contribution in [2.75, 3.05) is 10.7 Å². The van der Waals surface area contributed by atoms with E-state index in [1.807, 2.05) is 0 Å². The van der Waals surface area contributed by atoms with Gasteiger partial charge in [-0.05, 0) is 25.2 Å². The van der Waals surface area contributed by atoms with Gasteiger partial charge in [-0.15, -0.1) is 0 Å². The summed E-state index contributed by atoms with van der Waals surface area (Å²) in [6.07, 6.45) is 7.38. The number of rotatable bonds is 5. The van der Waals surface area contributed by atoms with Crippen LogP contribution in [0.15, 0.2) is 6.33 Å². The van der Waals surface area contributed by atoms with E-state index in [0.717, 1.165) is 30.0 Å². The second-order valence-electron chi connectivity index (χ2n) is 5.10. The van der Waals surface area contributed by atoms with E-state index in [2.05, 4.69) is 34.6 Å². The molecule has 0 amide bonds. The number of nitrogens with one attached hydrogen (secondary N) is 2. The van der Waals surface area contributed by atoms with E-state index in [1.165, 1.54) is 19.3 Å². The van der Waals surface area contributed by atoms with Crippen LogP contribution in [-0.2, 0) is 6.42 Å². The van der Waals surface area contributed by atoms with Crippen molar-refractivity contribution >= 4 is 11.6 Å².